The molecule has 3 heteroatoms. The first-order chi connectivity index (χ1) is 5.95. The number of rotatable bonds is 2. The Balaban J connectivity index is 3.14. The molecular formula is C10H16FNSn. The minimum atomic E-state index is -2.03. The third-order valence-corrected chi connectivity index (χ3v) is 7.96. The van der Waals surface area contributed by atoms with Crippen LogP contribution >= 0.6 is 0 Å². The zero-order chi connectivity index (χ0) is 10.1. The monoisotopic (exact) mass is 289 g/mol. The van der Waals surface area contributed by atoms with Gasteiger partial charge < -0.3 is 0 Å². The van der Waals surface area contributed by atoms with Crippen molar-refractivity contribution in [1.82, 2.24) is 0 Å². The van der Waals surface area contributed by atoms with Gasteiger partial charge in [0.1, 0.15) is 0 Å². The standard InChI is InChI=1S/C7H7FN.3CH3.Sn/c8-7-4-2-1-3-6(7)5-9;;;;/h2-4H,5,9H2;3*1H3;. The molecule has 0 spiro atoms. The van der Waals surface area contributed by atoms with E-state index in [1.807, 2.05) is 12.1 Å². The van der Waals surface area contributed by atoms with Crippen molar-refractivity contribution in [3.63, 3.8) is 0 Å². The van der Waals surface area contributed by atoms with Crippen molar-refractivity contribution < 1.29 is 4.39 Å². The molecule has 0 radical (unpaired) electrons. The van der Waals surface area contributed by atoms with Gasteiger partial charge in [0.15, 0.2) is 0 Å². The van der Waals surface area contributed by atoms with Crippen molar-refractivity contribution in [2.75, 3.05) is 0 Å². The van der Waals surface area contributed by atoms with E-state index in [0.717, 1.165) is 0 Å². The normalized spacial score (nSPS) is 11.8. The van der Waals surface area contributed by atoms with Crippen LogP contribution in [0.4, 0.5) is 4.39 Å². The number of hydrogen-bond acceptors (Lipinski definition) is 1. The summed E-state index contributed by atoms with van der Waals surface area (Å²) in [5, 5.41) is 0. The van der Waals surface area contributed by atoms with E-state index in [9.17, 15) is 4.39 Å². The number of hydrogen-bond donors (Lipinski definition) is 1. The van der Waals surface area contributed by atoms with Gasteiger partial charge >= 0.3 is 83.0 Å². The molecule has 0 aromatic heterocycles. The van der Waals surface area contributed by atoms with Crippen molar-refractivity contribution in [2.45, 2.75) is 21.4 Å². The molecule has 2 N–H and O–H groups in total. The summed E-state index contributed by atoms with van der Waals surface area (Å²) in [5.74, 6) is -0.179. The zero-order valence-corrected chi connectivity index (χ0v) is 11.2. The predicted molar refractivity (Wildman–Crippen MR) is 57.3 cm³/mol. The quantitative estimate of drug-likeness (QED) is 0.825. The Kier molecular flexibility index (Phi) is 3.35. The van der Waals surface area contributed by atoms with Gasteiger partial charge in [-0.15, -0.1) is 0 Å². The van der Waals surface area contributed by atoms with Crippen LogP contribution in [0.15, 0.2) is 18.2 Å². The van der Waals surface area contributed by atoms with Crippen LogP contribution in [0.5, 0.6) is 0 Å². The maximum absolute atomic E-state index is 13.1. The van der Waals surface area contributed by atoms with E-state index in [4.69, 9.17) is 5.73 Å². The molecule has 72 valence electrons. The van der Waals surface area contributed by atoms with E-state index in [2.05, 4.69) is 14.8 Å². The summed E-state index contributed by atoms with van der Waals surface area (Å²) in [6.45, 7) is 0.293. The van der Waals surface area contributed by atoms with Crippen LogP contribution in [-0.2, 0) is 6.54 Å². The van der Waals surface area contributed by atoms with Crippen molar-refractivity contribution in [3.8, 4) is 0 Å². The molecule has 0 atom stereocenters. The zero-order valence-electron chi connectivity index (χ0n) is 8.39. The van der Waals surface area contributed by atoms with E-state index in [0.29, 0.717) is 12.1 Å². The van der Waals surface area contributed by atoms with Crippen LogP contribution < -0.4 is 9.31 Å². The molecule has 0 aliphatic heterocycles. The van der Waals surface area contributed by atoms with Gasteiger partial charge in [-0.1, -0.05) is 0 Å². The SMILES string of the molecule is [CH3][Sn]([CH3])([CH3])[c]1ccc(F)c(CN)c1. The molecular weight excluding hydrogens is 272 g/mol. The Morgan fingerprint density at radius 2 is 1.92 bits per heavy atom. The van der Waals surface area contributed by atoms with Crippen molar-refractivity contribution in [1.29, 1.82) is 0 Å². The Bertz CT molecular complexity index is 304. The molecule has 0 aliphatic rings. The molecule has 1 aromatic carbocycles. The second-order valence-electron chi connectivity index (χ2n) is 4.26. The van der Waals surface area contributed by atoms with Crippen molar-refractivity contribution in [3.05, 3.63) is 29.6 Å². The third kappa shape index (κ3) is 2.67. The molecule has 0 saturated heterocycles. The van der Waals surface area contributed by atoms with Crippen LogP contribution in [0.2, 0.25) is 14.8 Å². The fourth-order valence-corrected chi connectivity index (χ4v) is 4.60. The van der Waals surface area contributed by atoms with Crippen molar-refractivity contribution >= 4 is 22.0 Å². The molecule has 13 heavy (non-hydrogen) atoms. The molecule has 0 amide bonds. The fourth-order valence-electron chi connectivity index (χ4n) is 1.20. The fraction of sp³-hybridized carbons (Fsp3) is 0.400. The van der Waals surface area contributed by atoms with Gasteiger partial charge in [-0.25, -0.2) is 0 Å². The average Bonchev–Trinajstić information content (AvgIpc) is 2.03. The summed E-state index contributed by atoms with van der Waals surface area (Å²) in [7, 11) is 0. The Labute approximate surface area is 83.0 Å². The Morgan fingerprint density at radius 3 is 2.38 bits per heavy atom. The first kappa shape index (κ1) is 11.0. The molecule has 0 unspecified atom stereocenters. The van der Waals surface area contributed by atoms with Gasteiger partial charge in [-0.3, -0.25) is 0 Å². The van der Waals surface area contributed by atoms with Crippen molar-refractivity contribution in [2.24, 2.45) is 5.73 Å². The van der Waals surface area contributed by atoms with Gasteiger partial charge in [-0.2, -0.15) is 0 Å². The number of benzene rings is 1. The van der Waals surface area contributed by atoms with Gasteiger partial charge in [0, 0.05) is 0 Å². The molecule has 0 bridgehead atoms. The summed E-state index contributed by atoms with van der Waals surface area (Å²) in [6.07, 6.45) is 0. The van der Waals surface area contributed by atoms with Crippen LogP contribution in [-0.4, -0.2) is 18.4 Å². The summed E-state index contributed by atoms with van der Waals surface area (Å²) in [4.78, 5) is 6.92. The van der Waals surface area contributed by atoms with Gasteiger partial charge in [0.2, 0.25) is 0 Å². The molecule has 0 fully saturated rings. The molecule has 0 aliphatic carbocycles. The first-order valence-electron chi connectivity index (χ1n) is 4.44. The molecule has 1 rings (SSSR count). The molecule has 0 saturated carbocycles. The van der Waals surface area contributed by atoms with Gasteiger partial charge in [0.25, 0.3) is 0 Å². The summed E-state index contributed by atoms with van der Waals surface area (Å²) >= 11 is -2.03. The third-order valence-electron chi connectivity index (χ3n) is 2.13. The van der Waals surface area contributed by atoms with E-state index < -0.39 is 18.4 Å². The van der Waals surface area contributed by atoms with Crippen LogP contribution in [0.25, 0.3) is 0 Å². The second kappa shape index (κ2) is 3.96. The summed E-state index contributed by atoms with van der Waals surface area (Å²) in [5.41, 5.74) is 6.09. The number of nitrogens with two attached hydrogens (primary N) is 1. The predicted octanol–water partition coefficient (Wildman–Crippen LogP) is 1.83. The molecule has 1 nitrogen and oxygen atoms in total. The number of halogens is 1. The van der Waals surface area contributed by atoms with E-state index in [-0.39, 0.29) is 5.82 Å². The summed E-state index contributed by atoms with van der Waals surface area (Å²) in [6, 6.07) is 5.38. The molecule has 0 heterocycles. The van der Waals surface area contributed by atoms with Crippen LogP contribution in [0, 0.1) is 5.82 Å². The second-order valence-corrected chi connectivity index (χ2v) is 18.8. The Hall–Kier alpha value is -0.0913. The van der Waals surface area contributed by atoms with Crippen LogP contribution in [0.3, 0.4) is 0 Å². The Morgan fingerprint density at radius 1 is 1.31 bits per heavy atom. The minimum absolute atomic E-state index is 0.179. The van der Waals surface area contributed by atoms with E-state index in [1.165, 1.54) is 3.58 Å². The average molecular weight is 288 g/mol. The maximum atomic E-state index is 13.1. The topological polar surface area (TPSA) is 26.0 Å². The van der Waals surface area contributed by atoms with Crippen LogP contribution in [0.1, 0.15) is 5.56 Å². The van der Waals surface area contributed by atoms with Gasteiger partial charge in [0.05, 0.1) is 0 Å². The van der Waals surface area contributed by atoms with E-state index >= 15 is 0 Å². The summed E-state index contributed by atoms with van der Waals surface area (Å²) < 4.78 is 14.4. The molecule has 1 aromatic rings. The van der Waals surface area contributed by atoms with Gasteiger partial charge in [-0.05, 0) is 0 Å². The van der Waals surface area contributed by atoms with E-state index in [1.54, 1.807) is 6.07 Å². The first-order valence-corrected chi connectivity index (χ1v) is 14.4.